The lowest BCUT2D eigenvalue weighted by Gasteiger charge is -2.16. The summed E-state index contributed by atoms with van der Waals surface area (Å²) >= 11 is 0. The van der Waals surface area contributed by atoms with Gasteiger partial charge in [0.25, 0.3) is 0 Å². The third kappa shape index (κ3) is 4.13. The maximum atomic E-state index is 5.98. The first-order valence-corrected chi connectivity index (χ1v) is 9.50. The molecule has 3 nitrogen and oxygen atoms in total. The van der Waals surface area contributed by atoms with E-state index in [2.05, 4.69) is 32.0 Å². The average molecular weight is 361 g/mol. The Hall–Kier alpha value is -2.81. The fourth-order valence-corrected chi connectivity index (χ4v) is 3.35. The highest BCUT2D eigenvalue weighted by molar-refractivity contribution is 5.69. The number of rotatable bonds is 7. The van der Waals surface area contributed by atoms with E-state index in [1.54, 1.807) is 7.11 Å². The zero-order valence-corrected chi connectivity index (χ0v) is 16.6. The first kappa shape index (κ1) is 19.0. The molecule has 0 bridgehead atoms. The Kier molecular flexibility index (Phi) is 6.12. The van der Waals surface area contributed by atoms with Crippen molar-refractivity contribution in [1.29, 1.82) is 0 Å². The fraction of sp³-hybridized carbons (Fsp3) is 0.292. The molecule has 3 heteroatoms. The van der Waals surface area contributed by atoms with Gasteiger partial charge in [0.05, 0.1) is 12.8 Å². The van der Waals surface area contributed by atoms with E-state index in [1.807, 2.05) is 43.5 Å². The molecule has 0 aliphatic carbocycles. The van der Waals surface area contributed by atoms with E-state index >= 15 is 0 Å². The number of hydrogen-bond acceptors (Lipinski definition) is 3. The molecule has 0 unspecified atom stereocenters. The van der Waals surface area contributed by atoms with Gasteiger partial charge in [0.15, 0.2) is 0 Å². The molecular formula is C24H27NO2. The second-order valence-electron chi connectivity index (χ2n) is 6.59. The minimum absolute atomic E-state index is 0.428. The molecule has 0 saturated heterocycles. The minimum Gasteiger partial charge on any atom is -0.496 e. The van der Waals surface area contributed by atoms with Crippen LogP contribution in [0.2, 0.25) is 0 Å². The van der Waals surface area contributed by atoms with Crippen LogP contribution in [0.3, 0.4) is 0 Å². The summed E-state index contributed by atoms with van der Waals surface area (Å²) in [5, 5.41) is 0. The van der Waals surface area contributed by atoms with E-state index in [-0.39, 0.29) is 0 Å². The van der Waals surface area contributed by atoms with Gasteiger partial charge in [-0.3, -0.25) is 4.98 Å². The van der Waals surface area contributed by atoms with Gasteiger partial charge < -0.3 is 9.47 Å². The van der Waals surface area contributed by atoms with Crippen molar-refractivity contribution in [2.24, 2.45) is 0 Å². The summed E-state index contributed by atoms with van der Waals surface area (Å²) in [6.45, 7) is 6.83. The van der Waals surface area contributed by atoms with Crippen molar-refractivity contribution in [1.82, 2.24) is 4.98 Å². The van der Waals surface area contributed by atoms with Crippen LogP contribution in [-0.4, -0.2) is 12.1 Å². The van der Waals surface area contributed by atoms with Gasteiger partial charge in [-0.15, -0.1) is 0 Å². The van der Waals surface area contributed by atoms with E-state index in [0.717, 1.165) is 41.2 Å². The lowest BCUT2D eigenvalue weighted by atomic mass is 9.94. The molecule has 0 radical (unpaired) electrons. The molecule has 0 spiro atoms. The Labute approximate surface area is 162 Å². The molecule has 1 aromatic heterocycles. The number of nitrogens with zero attached hydrogens (tertiary/aromatic N) is 1. The van der Waals surface area contributed by atoms with Crippen LogP contribution < -0.4 is 9.47 Å². The van der Waals surface area contributed by atoms with Gasteiger partial charge in [0.2, 0.25) is 0 Å². The van der Waals surface area contributed by atoms with Crippen LogP contribution in [0.4, 0.5) is 0 Å². The van der Waals surface area contributed by atoms with Crippen molar-refractivity contribution in [3.63, 3.8) is 0 Å². The van der Waals surface area contributed by atoms with Gasteiger partial charge >= 0.3 is 0 Å². The number of pyridine rings is 1. The first-order chi connectivity index (χ1) is 13.2. The maximum Gasteiger partial charge on any atom is 0.129 e. The smallest absolute Gasteiger partial charge is 0.129 e. The van der Waals surface area contributed by atoms with Crippen LogP contribution in [0.5, 0.6) is 11.5 Å². The Bertz CT molecular complexity index is 896. The van der Waals surface area contributed by atoms with Gasteiger partial charge in [0, 0.05) is 23.4 Å². The molecule has 0 aliphatic rings. The molecule has 3 rings (SSSR count). The van der Waals surface area contributed by atoms with Crippen molar-refractivity contribution >= 4 is 0 Å². The second kappa shape index (κ2) is 8.72. The highest BCUT2D eigenvalue weighted by Crippen LogP contribution is 2.31. The summed E-state index contributed by atoms with van der Waals surface area (Å²) in [5.41, 5.74) is 6.87. The lowest BCUT2D eigenvalue weighted by Crippen LogP contribution is -2.03. The van der Waals surface area contributed by atoms with Crippen LogP contribution in [0.25, 0.3) is 11.3 Å². The van der Waals surface area contributed by atoms with Crippen LogP contribution in [-0.2, 0) is 19.4 Å². The molecule has 3 aromatic rings. The Balaban J connectivity index is 1.93. The first-order valence-electron chi connectivity index (χ1n) is 9.50. The maximum absolute atomic E-state index is 5.98. The standard InChI is InChI=1S/C24H27NO2/c1-5-18-11-9-12-19(6-2)24(18)21-14-23(26-4)20(15-25-21)16-27-22-13-8-7-10-17(22)3/h7-15H,5-6,16H2,1-4H3. The number of methoxy groups -OCH3 is 1. The summed E-state index contributed by atoms with van der Waals surface area (Å²) in [6, 6.07) is 16.5. The number of ether oxygens (including phenoxy) is 2. The van der Waals surface area contributed by atoms with Crippen molar-refractivity contribution in [2.75, 3.05) is 7.11 Å². The molecule has 0 saturated carbocycles. The SMILES string of the molecule is CCc1cccc(CC)c1-c1cc(OC)c(COc2ccccc2C)cn1. The predicted octanol–water partition coefficient (Wildman–Crippen LogP) is 5.77. The highest BCUT2D eigenvalue weighted by Gasteiger charge is 2.14. The highest BCUT2D eigenvalue weighted by atomic mass is 16.5. The van der Waals surface area contributed by atoms with Gasteiger partial charge in [0.1, 0.15) is 18.1 Å². The van der Waals surface area contributed by atoms with Gasteiger partial charge in [-0.05, 0) is 42.5 Å². The molecular weight excluding hydrogens is 334 g/mol. The Morgan fingerprint density at radius 2 is 1.56 bits per heavy atom. The van der Waals surface area contributed by atoms with Crippen LogP contribution in [0.1, 0.15) is 36.1 Å². The number of aromatic nitrogens is 1. The largest absolute Gasteiger partial charge is 0.496 e. The van der Waals surface area contributed by atoms with Crippen molar-refractivity contribution < 1.29 is 9.47 Å². The van der Waals surface area contributed by atoms with Crippen molar-refractivity contribution in [2.45, 2.75) is 40.2 Å². The molecule has 0 N–H and O–H groups in total. The summed E-state index contributed by atoms with van der Waals surface area (Å²) in [6.07, 6.45) is 3.83. The predicted molar refractivity (Wildman–Crippen MR) is 110 cm³/mol. The Morgan fingerprint density at radius 3 is 2.19 bits per heavy atom. The van der Waals surface area contributed by atoms with Gasteiger partial charge in [-0.1, -0.05) is 50.2 Å². The molecule has 0 fully saturated rings. The van der Waals surface area contributed by atoms with E-state index in [0.29, 0.717) is 6.61 Å². The molecule has 1 heterocycles. The number of aryl methyl sites for hydroxylation is 3. The van der Waals surface area contributed by atoms with E-state index in [1.165, 1.54) is 16.7 Å². The molecule has 2 aromatic carbocycles. The zero-order chi connectivity index (χ0) is 19.2. The average Bonchev–Trinajstić information content (AvgIpc) is 2.72. The van der Waals surface area contributed by atoms with Gasteiger partial charge in [-0.2, -0.15) is 0 Å². The molecule has 0 aliphatic heterocycles. The normalized spacial score (nSPS) is 10.7. The van der Waals surface area contributed by atoms with Crippen molar-refractivity contribution in [3.05, 3.63) is 77.0 Å². The molecule has 0 atom stereocenters. The summed E-state index contributed by atoms with van der Waals surface area (Å²) < 4.78 is 11.6. The topological polar surface area (TPSA) is 31.4 Å². The minimum atomic E-state index is 0.428. The van der Waals surface area contributed by atoms with E-state index in [4.69, 9.17) is 14.5 Å². The quantitative estimate of drug-likeness (QED) is 0.535. The van der Waals surface area contributed by atoms with Gasteiger partial charge in [-0.25, -0.2) is 0 Å². The van der Waals surface area contributed by atoms with E-state index in [9.17, 15) is 0 Å². The lowest BCUT2D eigenvalue weighted by molar-refractivity contribution is 0.294. The van der Waals surface area contributed by atoms with Crippen LogP contribution in [0.15, 0.2) is 54.7 Å². The third-order valence-corrected chi connectivity index (χ3v) is 4.90. The summed E-state index contributed by atoms with van der Waals surface area (Å²) in [4.78, 5) is 4.75. The van der Waals surface area contributed by atoms with Crippen molar-refractivity contribution in [3.8, 4) is 22.8 Å². The van der Waals surface area contributed by atoms with Crippen LogP contribution >= 0.6 is 0 Å². The van der Waals surface area contributed by atoms with Crippen LogP contribution in [0, 0.1) is 6.92 Å². The Morgan fingerprint density at radius 1 is 0.852 bits per heavy atom. The second-order valence-corrected chi connectivity index (χ2v) is 6.59. The molecule has 140 valence electrons. The summed E-state index contributed by atoms with van der Waals surface area (Å²) in [5.74, 6) is 1.69. The monoisotopic (exact) mass is 361 g/mol. The fourth-order valence-electron chi connectivity index (χ4n) is 3.35. The number of para-hydroxylation sites is 1. The van der Waals surface area contributed by atoms with E-state index < -0.39 is 0 Å². The zero-order valence-electron chi connectivity index (χ0n) is 16.6. The number of benzene rings is 2. The molecule has 0 amide bonds. The third-order valence-electron chi connectivity index (χ3n) is 4.90. The summed E-state index contributed by atoms with van der Waals surface area (Å²) in [7, 11) is 1.70. The molecule has 27 heavy (non-hydrogen) atoms. The number of hydrogen-bond donors (Lipinski definition) is 0.